The van der Waals surface area contributed by atoms with Crippen molar-refractivity contribution in [2.45, 2.75) is 6.61 Å². The van der Waals surface area contributed by atoms with Crippen LogP contribution >= 0.6 is 34.8 Å². The molecule has 0 atom stereocenters. The summed E-state index contributed by atoms with van der Waals surface area (Å²) >= 11 is 17.9. The Balaban J connectivity index is 1.54. The van der Waals surface area contributed by atoms with E-state index in [1.807, 2.05) is 18.2 Å². The molecule has 0 radical (unpaired) electrons. The summed E-state index contributed by atoms with van der Waals surface area (Å²) in [6, 6.07) is 15.7. The molecule has 1 amide bonds. The van der Waals surface area contributed by atoms with Gasteiger partial charge in [-0.15, -0.1) is 0 Å². The smallest absolute Gasteiger partial charge is 0.274 e. The predicted octanol–water partition coefficient (Wildman–Crippen LogP) is 5.38. The van der Waals surface area contributed by atoms with Crippen LogP contribution in [-0.2, 0) is 6.61 Å². The van der Waals surface area contributed by atoms with Gasteiger partial charge in [0.1, 0.15) is 17.5 Å². The first kappa shape index (κ1) is 20.1. The Morgan fingerprint density at radius 3 is 2.61 bits per heavy atom. The lowest BCUT2D eigenvalue weighted by Gasteiger charge is -2.08. The number of pyridine rings is 1. The Morgan fingerprint density at radius 1 is 1.11 bits per heavy atom. The number of rotatable bonds is 6. The summed E-state index contributed by atoms with van der Waals surface area (Å²) in [5.74, 6) is 0.239. The third kappa shape index (κ3) is 5.45. The average molecular weight is 435 g/mol. The third-order valence-electron chi connectivity index (χ3n) is 3.67. The van der Waals surface area contributed by atoms with Gasteiger partial charge in [-0.25, -0.2) is 10.4 Å². The molecular formula is C20H14Cl3N3O2. The van der Waals surface area contributed by atoms with E-state index >= 15 is 0 Å². The normalized spacial score (nSPS) is 10.8. The first-order valence-corrected chi connectivity index (χ1v) is 9.27. The van der Waals surface area contributed by atoms with E-state index in [9.17, 15) is 4.79 Å². The number of hydrogen-bond donors (Lipinski definition) is 1. The molecule has 2 aromatic carbocycles. The van der Waals surface area contributed by atoms with Crippen molar-refractivity contribution >= 4 is 46.9 Å². The number of carbonyl (C=O) groups is 1. The highest BCUT2D eigenvalue weighted by Gasteiger charge is 2.09. The Morgan fingerprint density at radius 2 is 1.89 bits per heavy atom. The Labute approximate surface area is 176 Å². The molecule has 0 unspecified atom stereocenters. The first-order valence-electron chi connectivity index (χ1n) is 8.13. The van der Waals surface area contributed by atoms with Crippen LogP contribution in [0.25, 0.3) is 0 Å². The fraction of sp³-hybridized carbons (Fsp3) is 0.0500. The minimum absolute atomic E-state index is 0.123. The predicted molar refractivity (Wildman–Crippen MR) is 112 cm³/mol. The number of amides is 1. The second-order valence-electron chi connectivity index (χ2n) is 5.63. The summed E-state index contributed by atoms with van der Waals surface area (Å²) in [4.78, 5) is 15.8. The minimum atomic E-state index is -0.436. The number of carbonyl (C=O) groups excluding carboxylic acids is 1. The molecule has 8 heteroatoms. The lowest BCUT2D eigenvalue weighted by molar-refractivity contribution is 0.0955. The van der Waals surface area contributed by atoms with Crippen molar-refractivity contribution < 1.29 is 9.53 Å². The second-order valence-corrected chi connectivity index (χ2v) is 6.84. The van der Waals surface area contributed by atoms with Crippen LogP contribution in [0, 0.1) is 0 Å². The molecule has 0 spiro atoms. The van der Waals surface area contributed by atoms with Crippen LogP contribution in [0.5, 0.6) is 5.75 Å². The highest BCUT2D eigenvalue weighted by Crippen LogP contribution is 2.22. The standard InChI is InChI=1S/C20H14Cl3N3O2/c21-15-6-5-14(18(22)10-15)12-28-16-7-3-13(4-8-16)11-25-26-20(27)17-2-1-9-24-19(17)23/h1-11H,12H2,(H,26,27). The largest absolute Gasteiger partial charge is 0.489 e. The van der Waals surface area contributed by atoms with Crippen LogP contribution in [0.2, 0.25) is 15.2 Å². The summed E-state index contributed by atoms with van der Waals surface area (Å²) in [7, 11) is 0. The topological polar surface area (TPSA) is 63.6 Å². The molecule has 0 aliphatic rings. The third-order valence-corrected chi connectivity index (χ3v) is 4.56. The summed E-state index contributed by atoms with van der Waals surface area (Å²) in [5, 5.41) is 5.18. The van der Waals surface area contributed by atoms with Crippen molar-refractivity contribution in [2.75, 3.05) is 0 Å². The number of hydrazone groups is 1. The fourth-order valence-corrected chi connectivity index (χ4v) is 2.90. The van der Waals surface area contributed by atoms with Crippen LogP contribution in [0.1, 0.15) is 21.5 Å². The van der Waals surface area contributed by atoms with Gasteiger partial charge in [0.15, 0.2) is 0 Å². The quantitative estimate of drug-likeness (QED) is 0.322. The van der Waals surface area contributed by atoms with Crippen molar-refractivity contribution in [1.29, 1.82) is 0 Å². The van der Waals surface area contributed by atoms with Crippen LogP contribution in [0.4, 0.5) is 0 Å². The summed E-state index contributed by atoms with van der Waals surface area (Å²) < 4.78 is 5.72. The second kappa shape index (κ2) is 9.55. The SMILES string of the molecule is O=C(NN=Cc1ccc(OCc2ccc(Cl)cc2Cl)cc1)c1cccnc1Cl. The van der Waals surface area contributed by atoms with Crippen molar-refractivity contribution in [3.8, 4) is 5.75 Å². The lowest BCUT2D eigenvalue weighted by atomic mass is 10.2. The van der Waals surface area contributed by atoms with Crippen LogP contribution < -0.4 is 10.2 Å². The summed E-state index contributed by atoms with van der Waals surface area (Å²) in [6.07, 6.45) is 3.02. The Bertz CT molecular complexity index is 1010. The fourth-order valence-electron chi connectivity index (χ4n) is 2.23. The molecule has 0 aliphatic heterocycles. The van der Waals surface area contributed by atoms with Crippen LogP contribution in [0.3, 0.4) is 0 Å². The number of nitrogens with one attached hydrogen (secondary N) is 1. The van der Waals surface area contributed by atoms with Gasteiger partial charge in [-0.1, -0.05) is 40.9 Å². The van der Waals surface area contributed by atoms with Gasteiger partial charge in [0.25, 0.3) is 5.91 Å². The number of nitrogens with zero attached hydrogens (tertiary/aromatic N) is 2. The highest BCUT2D eigenvalue weighted by atomic mass is 35.5. The molecule has 3 rings (SSSR count). The number of halogens is 3. The summed E-state index contributed by atoms with van der Waals surface area (Å²) in [6.45, 7) is 0.325. The van der Waals surface area contributed by atoms with Gasteiger partial charge in [-0.2, -0.15) is 5.10 Å². The number of benzene rings is 2. The van der Waals surface area contributed by atoms with E-state index in [4.69, 9.17) is 39.5 Å². The Kier molecular flexibility index (Phi) is 6.87. The van der Waals surface area contributed by atoms with E-state index in [-0.39, 0.29) is 10.7 Å². The van der Waals surface area contributed by atoms with Crippen molar-refractivity contribution in [3.05, 3.63) is 92.7 Å². The maximum atomic E-state index is 12.0. The molecule has 3 aromatic rings. The zero-order valence-electron chi connectivity index (χ0n) is 14.4. The highest BCUT2D eigenvalue weighted by molar-refractivity contribution is 6.35. The molecule has 1 N–H and O–H groups in total. The number of ether oxygens (including phenoxy) is 1. The van der Waals surface area contributed by atoms with Crippen molar-refractivity contribution in [3.63, 3.8) is 0 Å². The number of hydrogen-bond acceptors (Lipinski definition) is 4. The van der Waals surface area contributed by atoms with Crippen molar-refractivity contribution in [2.24, 2.45) is 5.10 Å². The van der Waals surface area contributed by atoms with E-state index in [1.165, 1.54) is 12.4 Å². The van der Waals surface area contributed by atoms with Gasteiger partial charge in [-0.3, -0.25) is 4.79 Å². The first-order chi connectivity index (χ1) is 13.5. The monoisotopic (exact) mass is 433 g/mol. The van der Waals surface area contributed by atoms with Crippen LogP contribution in [-0.4, -0.2) is 17.1 Å². The molecule has 0 saturated heterocycles. The van der Waals surface area contributed by atoms with Crippen LogP contribution in [0.15, 0.2) is 65.9 Å². The maximum absolute atomic E-state index is 12.0. The van der Waals surface area contributed by atoms with Gasteiger partial charge in [0.2, 0.25) is 0 Å². The van der Waals surface area contributed by atoms with Gasteiger partial charge in [-0.05, 0) is 54.1 Å². The van der Waals surface area contributed by atoms with E-state index in [0.29, 0.717) is 22.4 Å². The van der Waals surface area contributed by atoms with Gasteiger partial charge < -0.3 is 4.74 Å². The molecule has 0 saturated carbocycles. The van der Waals surface area contributed by atoms with E-state index in [0.717, 1.165) is 11.1 Å². The van der Waals surface area contributed by atoms with Gasteiger partial charge in [0.05, 0.1) is 11.8 Å². The molecule has 5 nitrogen and oxygen atoms in total. The van der Waals surface area contributed by atoms with E-state index < -0.39 is 5.91 Å². The molecule has 142 valence electrons. The van der Waals surface area contributed by atoms with E-state index in [2.05, 4.69) is 15.5 Å². The zero-order chi connectivity index (χ0) is 19.9. The lowest BCUT2D eigenvalue weighted by Crippen LogP contribution is -2.18. The molecular weight excluding hydrogens is 421 g/mol. The van der Waals surface area contributed by atoms with Gasteiger partial charge >= 0.3 is 0 Å². The molecule has 1 heterocycles. The summed E-state index contributed by atoms with van der Waals surface area (Å²) in [5.41, 5.74) is 4.29. The maximum Gasteiger partial charge on any atom is 0.274 e. The minimum Gasteiger partial charge on any atom is -0.489 e. The number of aromatic nitrogens is 1. The molecule has 0 aliphatic carbocycles. The van der Waals surface area contributed by atoms with Crippen molar-refractivity contribution in [1.82, 2.24) is 10.4 Å². The molecule has 0 fully saturated rings. The Hall–Kier alpha value is -2.60. The average Bonchev–Trinajstić information content (AvgIpc) is 2.68. The van der Waals surface area contributed by atoms with E-state index in [1.54, 1.807) is 36.4 Å². The molecule has 28 heavy (non-hydrogen) atoms. The van der Waals surface area contributed by atoms with Gasteiger partial charge in [0, 0.05) is 21.8 Å². The zero-order valence-corrected chi connectivity index (χ0v) is 16.7. The molecule has 1 aromatic heterocycles. The molecule has 0 bridgehead atoms.